The van der Waals surface area contributed by atoms with E-state index < -0.39 is 27.7 Å². The van der Waals surface area contributed by atoms with Gasteiger partial charge in [0.05, 0.1) is 11.6 Å². The van der Waals surface area contributed by atoms with Gasteiger partial charge in [-0.15, -0.1) is 4.72 Å². The molecule has 1 aliphatic carbocycles. The summed E-state index contributed by atoms with van der Waals surface area (Å²) < 4.78 is 27.5. The number of para-hydroxylation sites is 1. The topological polar surface area (TPSA) is 104 Å². The third kappa shape index (κ3) is 6.56. The number of carbonyl (C=O) groups is 2. The standard InChI is InChI=1S/C28H39N3O5S/c1-26(2,3)36-25(33)31-15-13-28(14-16-31)18-20(17-23(28)30-37(34)27(4,5)6)35-24(32)22-12-11-19-9-7-8-10-21(19)29-22/h7-12,20,23,30H,13-18H2,1-6H3/t20-,23-,37?/m1/s1. The van der Waals surface area contributed by atoms with E-state index in [9.17, 15) is 14.1 Å². The second-order valence-corrected chi connectivity index (χ2v) is 14.2. The van der Waals surface area contributed by atoms with Gasteiger partial charge in [0.15, 0.2) is 0 Å². The molecule has 0 bridgehead atoms. The molecular weight excluding hydrogens is 490 g/mol. The summed E-state index contributed by atoms with van der Waals surface area (Å²) in [7, 11) is 0. The number of fused-ring (bicyclic) bond motifs is 1. The minimum absolute atomic E-state index is 0.101. The quantitative estimate of drug-likeness (QED) is 0.439. The van der Waals surface area contributed by atoms with Crippen molar-refractivity contribution in [3.8, 4) is 0 Å². The van der Waals surface area contributed by atoms with Gasteiger partial charge in [-0.1, -0.05) is 24.3 Å². The molecule has 1 spiro atoms. The Hall–Kier alpha value is -2.36. The molecule has 2 aliphatic rings. The monoisotopic (exact) mass is 529 g/mol. The van der Waals surface area contributed by atoms with Gasteiger partial charge in [0, 0.05) is 36.3 Å². The van der Waals surface area contributed by atoms with Gasteiger partial charge >= 0.3 is 12.1 Å². The van der Waals surface area contributed by atoms with E-state index in [1.807, 2.05) is 71.9 Å². The highest BCUT2D eigenvalue weighted by atomic mass is 32.2. The van der Waals surface area contributed by atoms with Crippen molar-refractivity contribution in [2.45, 2.75) is 89.7 Å². The van der Waals surface area contributed by atoms with E-state index in [1.54, 1.807) is 11.0 Å². The van der Waals surface area contributed by atoms with Gasteiger partial charge in [-0.2, -0.15) is 0 Å². The van der Waals surface area contributed by atoms with Crippen LogP contribution in [-0.2, 0) is 20.8 Å². The van der Waals surface area contributed by atoms with Crippen molar-refractivity contribution in [3.05, 3.63) is 42.1 Å². The molecule has 37 heavy (non-hydrogen) atoms. The van der Waals surface area contributed by atoms with Gasteiger partial charge in [-0.05, 0) is 78.4 Å². The molecule has 2 aromatic rings. The molecule has 1 saturated heterocycles. The van der Waals surface area contributed by atoms with Crippen LogP contribution in [0.25, 0.3) is 10.9 Å². The van der Waals surface area contributed by atoms with E-state index in [1.165, 1.54) is 0 Å². The minimum atomic E-state index is -1.27. The fraction of sp³-hybridized carbons (Fsp3) is 0.607. The fourth-order valence-electron chi connectivity index (χ4n) is 5.17. The maximum atomic E-state index is 13.0. The zero-order valence-corrected chi connectivity index (χ0v) is 23.5. The summed E-state index contributed by atoms with van der Waals surface area (Å²) >= 11 is -1.27. The first-order chi connectivity index (χ1) is 17.3. The molecule has 202 valence electrons. The zero-order chi connectivity index (χ0) is 27.0. The minimum Gasteiger partial charge on any atom is -0.598 e. The van der Waals surface area contributed by atoms with Crippen LogP contribution in [0.1, 0.15) is 77.7 Å². The molecule has 1 aliphatic heterocycles. The molecule has 4 rings (SSSR count). The number of likely N-dealkylation sites (tertiary alicyclic amines) is 1. The third-order valence-electron chi connectivity index (χ3n) is 7.17. The molecular formula is C28H39N3O5S. The summed E-state index contributed by atoms with van der Waals surface area (Å²) in [6.45, 7) is 12.5. The maximum Gasteiger partial charge on any atom is 0.410 e. The van der Waals surface area contributed by atoms with Crippen LogP contribution in [0.15, 0.2) is 36.4 Å². The van der Waals surface area contributed by atoms with Crippen molar-refractivity contribution in [2.24, 2.45) is 5.41 Å². The summed E-state index contributed by atoms with van der Waals surface area (Å²) in [5.41, 5.74) is 0.238. The Bertz CT molecular complexity index is 1130. The smallest absolute Gasteiger partial charge is 0.410 e. The third-order valence-corrected chi connectivity index (χ3v) is 8.78. The van der Waals surface area contributed by atoms with E-state index in [0.717, 1.165) is 10.9 Å². The van der Waals surface area contributed by atoms with Gasteiger partial charge in [0.25, 0.3) is 0 Å². The molecule has 1 saturated carbocycles. The lowest BCUT2D eigenvalue weighted by atomic mass is 9.74. The first kappa shape index (κ1) is 27.7. The van der Waals surface area contributed by atoms with Crippen LogP contribution in [-0.4, -0.2) is 62.1 Å². The molecule has 1 amide bonds. The SMILES string of the molecule is CC(C)(C)OC(=O)N1CCC2(CC1)C[C@H](OC(=O)c1ccc3ccccc3n1)C[C@H]2N[S+]([O-])C(C)(C)C. The summed E-state index contributed by atoms with van der Waals surface area (Å²) in [6.07, 6.45) is 2.00. The first-order valence-electron chi connectivity index (χ1n) is 13.0. The van der Waals surface area contributed by atoms with Crippen molar-refractivity contribution in [1.82, 2.24) is 14.6 Å². The Labute approximate surface area is 222 Å². The average Bonchev–Trinajstić information content (AvgIpc) is 3.13. The Kier molecular flexibility index (Phi) is 7.79. The van der Waals surface area contributed by atoms with Crippen molar-refractivity contribution in [3.63, 3.8) is 0 Å². The molecule has 1 aromatic carbocycles. The Morgan fingerprint density at radius 3 is 2.41 bits per heavy atom. The van der Waals surface area contributed by atoms with Crippen LogP contribution in [0.5, 0.6) is 0 Å². The predicted molar refractivity (Wildman–Crippen MR) is 144 cm³/mol. The normalized spacial score (nSPS) is 22.7. The number of hydrogen-bond donors (Lipinski definition) is 1. The van der Waals surface area contributed by atoms with Crippen LogP contribution in [0.3, 0.4) is 0 Å². The predicted octanol–water partition coefficient (Wildman–Crippen LogP) is 4.99. The second-order valence-electron chi connectivity index (χ2n) is 12.2. The second kappa shape index (κ2) is 10.4. The van der Waals surface area contributed by atoms with Crippen molar-refractivity contribution < 1.29 is 23.6 Å². The number of esters is 1. The van der Waals surface area contributed by atoms with Crippen molar-refractivity contribution in [2.75, 3.05) is 13.1 Å². The molecule has 1 unspecified atom stereocenters. The van der Waals surface area contributed by atoms with E-state index >= 15 is 0 Å². The van der Waals surface area contributed by atoms with E-state index in [4.69, 9.17) is 9.47 Å². The molecule has 2 fully saturated rings. The zero-order valence-electron chi connectivity index (χ0n) is 22.7. The van der Waals surface area contributed by atoms with Crippen LogP contribution in [0.4, 0.5) is 4.79 Å². The lowest BCUT2D eigenvalue weighted by molar-refractivity contribution is 0.00490. The van der Waals surface area contributed by atoms with Crippen LogP contribution >= 0.6 is 0 Å². The maximum absolute atomic E-state index is 13.0. The fourth-order valence-corrected chi connectivity index (χ4v) is 6.12. The number of piperidine rings is 1. The molecule has 2 heterocycles. The first-order valence-corrected chi connectivity index (χ1v) is 14.1. The van der Waals surface area contributed by atoms with Gasteiger partial charge in [0.1, 0.15) is 22.1 Å². The Morgan fingerprint density at radius 2 is 1.76 bits per heavy atom. The van der Waals surface area contributed by atoms with Crippen LogP contribution < -0.4 is 4.72 Å². The van der Waals surface area contributed by atoms with E-state index in [0.29, 0.717) is 38.8 Å². The largest absolute Gasteiger partial charge is 0.598 e. The molecule has 1 N–H and O–H groups in total. The number of rotatable bonds is 4. The molecule has 8 nitrogen and oxygen atoms in total. The number of carbonyl (C=O) groups excluding carboxylic acids is 2. The summed E-state index contributed by atoms with van der Waals surface area (Å²) in [5, 5.41) is 0.963. The number of aromatic nitrogens is 1. The van der Waals surface area contributed by atoms with E-state index in [2.05, 4.69) is 9.71 Å². The summed E-state index contributed by atoms with van der Waals surface area (Å²) in [6, 6.07) is 11.1. The van der Waals surface area contributed by atoms with Gasteiger partial charge in [-0.3, -0.25) is 0 Å². The molecule has 9 heteroatoms. The lowest BCUT2D eigenvalue weighted by Gasteiger charge is -2.43. The highest BCUT2D eigenvalue weighted by molar-refractivity contribution is 7.90. The number of pyridine rings is 1. The Balaban J connectivity index is 1.48. The van der Waals surface area contributed by atoms with Gasteiger partial charge < -0.3 is 18.9 Å². The number of benzene rings is 1. The number of ether oxygens (including phenoxy) is 2. The van der Waals surface area contributed by atoms with Crippen molar-refractivity contribution >= 4 is 34.3 Å². The summed E-state index contributed by atoms with van der Waals surface area (Å²) in [4.78, 5) is 31.9. The highest BCUT2D eigenvalue weighted by Gasteiger charge is 2.53. The van der Waals surface area contributed by atoms with Crippen LogP contribution in [0, 0.1) is 5.41 Å². The Morgan fingerprint density at radius 1 is 1.08 bits per heavy atom. The number of amides is 1. The molecule has 3 atom stereocenters. The number of nitrogens with zero attached hydrogens (tertiary/aromatic N) is 2. The van der Waals surface area contributed by atoms with Gasteiger partial charge in [0.2, 0.25) is 0 Å². The highest BCUT2D eigenvalue weighted by Crippen LogP contribution is 2.48. The summed E-state index contributed by atoms with van der Waals surface area (Å²) in [5.74, 6) is -0.449. The van der Waals surface area contributed by atoms with E-state index in [-0.39, 0.29) is 29.3 Å². The average molecular weight is 530 g/mol. The number of hydrogen-bond acceptors (Lipinski definition) is 7. The lowest BCUT2D eigenvalue weighted by Crippen LogP contribution is -2.54. The number of nitrogens with one attached hydrogen (secondary N) is 1. The van der Waals surface area contributed by atoms with Gasteiger partial charge in [-0.25, -0.2) is 14.6 Å². The van der Waals surface area contributed by atoms with Crippen LogP contribution in [0.2, 0.25) is 0 Å². The molecule has 1 aromatic heterocycles. The molecule has 0 radical (unpaired) electrons. The van der Waals surface area contributed by atoms with Crippen molar-refractivity contribution in [1.29, 1.82) is 0 Å².